The number of pyridine rings is 1. The van der Waals surface area contributed by atoms with Gasteiger partial charge in [0.1, 0.15) is 0 Å². The highest BCUT2D eigenvalue weighted by atomic mass is 16.1. The van der Waals surface area contributed by atoms with Crippen molar-refractivity contribution in [2.75, 3.05) is 18.0 Å². The van der Waals surface area contributed by atoms with Gasteiger partial charge in [0.15, 0.2) is 0 Å². The summed E-state index contributed by atoms with van der Waals surface area (Å²) in [5.41, 5.74) is 3.73. The van der Waals surface area contributed by atoms with Crippen molar-refractivity contribution in [1.82, 2.24) is 24.3 Å². The zero-order valence-corrected chi connectivity index (χ0v) is 15.6. The fourth-order valence-electron chi connectivity index (χ4n) is 3.76. The van der Waals surface area contributed by atoms with Crippen molar-refractivity contribution in [3.8, 4) is 11.3 Å². The summed E-state index contributed by atoms with van der Waals surface area (Å²) in [5.74, 6) is 1.34. The Labute approximate surface area is 161 Å². The van der Waals surface area contributed by atoms with Gasteiger partial charge in [-0.15, -0.1) is 0 Å². The van der Waals surface area contributed by atoms with E-state index in [-0.39, 0.29) is 5.56 Å². The molecule has 1 saturated heterocycles. The number of fused-ring (bicyclic) bond motifs is 1. The average Bonchev–Trinajstić information content (AvgIpc) is 3.03. The first-order chi connectivity index (χ1) is 13.7. The van der Waals surface area contributed by atoms with Gasteiger partial charge in [-0.25, -0.2) is 9.67 Å². The zero-order chi connectivity index (χ0) is 19.1. The van der Waals surface area contributed by atoms with Crippen LogP contribution in [0.2, 0.25) is 0 Å². The molecule has 1 aliphatic heterocycles. The third-order valence-corrected chi connectivity index (χ3v) is 5.26. The second kappa shape index (κ2) is 6.60. The van der Waals surface area contributed by atoms with Gasteiger partial charge in [0.2, 0.25) is 5.95 Å². The Balaban J connectivity index is 1.32. The number of hydrogen-bond acceptors (Lipinski definition) is 5. The van der Waals surface area contributed by atoms with E-state index >= 15 is 0 Å². The number of anilines is 1. The molecular weight excluding hydrogens is 352 g/mol. The quantitative estimate of drug-likeness (QED) is 0.550. The van der Waals surface area contributed by atoms with Crippen LogP contribution in [-0.4, -0.2) is 37.4 Å². The minimum atomic E-state index is -0.0752. The number of aromatic nitrogens is 5. The summed E-state index contributed by atoms with van der Waals surface area (Å²) in [4.78, 5) is 23.4. The smallest absolute Gasteiger partial charge is 0.266 e. The molecule has 1 fully saturated rings. The highest BCUT2D eigenvalue weighted by Gasteiger charge is 2.30. The topological polar surface area (TPSA) is 68.8 Å². The maximum atomic E-state index is 12.3. The lowest BCUT2D eigenvalue weighted by Crippen LogP contribution is -2.50. The van der Waals surface area contributed by atoms with E-state index in [1.165, 1.54) is 0 Å². The second-order valence-electron chi connectivity index (χ2n) is 7.21. The molecule has 0 bridgehead atoms. The first-order valence-electron chi connectivity index (χ1n) is 9.34. The summed E-state index contributed by atoms with van der Waals surface area (Å²) < 4.78 is 3.69. The number of nitrogens with zero attached hydrogens (tertiary/aromatic N) is 6. The van der Waals surface area contributed by atoms with Crippen molar-refractivity contribution in [2.24, 2.45) is 13.0 Å². The Morgan fingerprint density at radius 2 is 1.93 bits per heavy atom. The van der Waals surface area contributed by atoms with Crippen molar-refractivity contribution in [3.05, 3.63) is 71.3 Å². The molecule has 7 nitrogen and oxygen atoms in total. The Bertz CT molecular complexity index is 1190. The van der Waals surface area contributed by atoms with Crippen LogP contribution < -0.4 is 10.5 Å². The average molecular weight is 372 g/mol. The minimum absolute atomic E-state index is 0.0752. The lowest BCUT2D eigenvalue weighted by atomic mass is 10.0. The summed E-state index contributed by atoms with van der Waals surface area (Å²) in [5, 5.41) is 4.54. The third kappa shape index (κ3) is 2.85. The molecule has 1 aliphatic rings. The fourth-order valence-corrected chi connectivity index (χ4v) is 3.76. The van der Waals surface area contributed by atoms with Crippen LogP contribution in [0.5, 0.6) is 0 Å². The van der Waals surface area contributed by atoms with Gasteiger partial charge in [-0.2, -0.15) is 5.10 Å². The van der Waals surface area contributed by atoms with Crippen molar-refractivity contribution in [3.63, 3.8) is 0 Å². The SMILES string of the molecule is Cn1c(N2CC(Cn3nc(-c4cccnc4)ccc3=O)C2)nc2ccccc21. The molecule has 0 radical (unpaired) electrons. The fraction of sp³-hybridized carbons (Fsp3) is 0.238. The normalized spacial score (nSPS) is 14.4. The molecule has 5 rings (SSSR count). The molecule has 0 unspecified atom stereocenters. The van der Waals surface area contributed by atoms with Crippen LogP contribution in [0.25, 0.3) is 22.3 Å². The molecular formula is C21H20N6O. The molecule has 140 valence electrons. The van der Waals surface area contributed by atoms with Gasteiger partial charge in [0.05, 0.1) is 23.3 Å². The Kier molecular flexibility index (Phi) is 3.93. The second-order valence-corrected chi connectivity index (χ2v) is 7.21. The van der Waals surface area contributed by atoms with E-state index in [9.17, 15) is 4.79 Å². The van der Waals surface area contributed by atoms with E-state index < -0.39 is 0 Å². The van der Waals surface area contributed by atoms with Crippen LogP contribution in [0.1, 0.15) is 0 Å². The summed E-state index contributed by atoms with van der Waals surface area (Å²) in [6, 6.07) is 15.3. The molecule has 28 heavy (non-hydrogen) atoms. The van der Waals surface area contributed by atoms with Crippen molar-refractivity contribution in [1.29, 1.82) is 0 Å². The maximum absolute atomic E-state index is 12.3. The standard InChI is InChI=1S/C21H20N6O/c1-25-19-7-3-2-6-18(19)23-21(25)26-12-15(13-26)14-27-20(28)9-8-17(24-27)16-5-4-10-22-11-16/h2-11,15H,12-14H2,1H3. The van der Waals surface area contributed by atoms with E-state index in [4.69, 9.17) is 4.98 Å². The Hall–Kier alpha value is -3.48. The van der Waals surface area contributed by atoms with Crippen LogP contribution in [0.3, 0.4) is 0 Å². The number of aryl methyl sites for hydroxylation is 1. The third-order valence-electron chi connectivity index (χ3n) is 5.26. The number of benzene rings is 1. The summed E-state index contributed by atoms with van der Waals surface area (Å²) >= 11 is 0. The molecule has 0 atom stereocenters. The van der Waals surface area contributed by atoms with Crippen molar-refractivity contribution >= 4 is 17.0 Å². The lowest BCUT2D eigenvalue weighted by molar-refractivity contribution is 0.330. The number of imidazole rings is 1. The highest BCUT2D eigenvalue weighted by molar-refractivity contribution is 5.78. The zero-order valence-electron chi connectivity index (χ0n) is 15.6. The molecule has 0 aliphatic carbocycles. The monoisotopic (exact) mass is 372 g/mol. The number of rotatable bonds is 4. The van der Waals surface area contributed by atoms with Crippen LogP contribution in [0.15, 0.2) is 65.7 Å². The largest absolute Gasteiger partial charge is 0.341 e. The van der Waals surface area contributed by atoms with Gasteiger partial charge in [0.25, 0.3) is 5.56 Å². The predicted molar refractivity (Wildman–Crippen MR) is 108 cm³/mol. The van der Waals surface area contributed by atoms with Crippen LogP contribution in [0.4, 0.5) is 5.95 Å². The first kappa shape index (κ1) is 16.7. The van der Waals surface area contributed by atoms with Gasteiger partial charge >= 0.3 is 0 Å². The van der Waals surface area contributed by atoms with E-state index in [2.05, 4.69) is 25.6 Å². The van der Waals surface area contributed by atoms with Crippen LogP contribution >= 0.6 is 0 Å². The summed E-state index contributed by atoms with van der Waals surface area (Å²) in [7, 11) is 2.04. The Morgan fingerprint density at radius 3 is 2.71 bits per heavy atom. The first-order valence-corrected chi connectivity index (χ1v) is 9.34. The van der Waals surface area contributed by atoms with Gasteiger partial charge in [-0.1, -0.05) is 12.1 Å². The molecule has 3 aromatic heterocycles. The van der Waals surface area contributed by atoms with Crippen molar-refractivity contribution < 1.29 is 0 Å². The van der Waals surface area contributed by atoms with E-state index in [0.29, 0.717) is 12.5 Å². The maximum Gasteiger partial charge on any atom is 0.266 e. The van der Waals surface area contributed by atoms with Crippen LogP contribution in [0, 0.1) is 5.92 Å². The van der Waals surface area contributed by atoms with Crippen LogP contribution in [-0.2, 0) is 13.6 Å². The lowest BCUT2D eigenvalue weighted by Gasteiger charge is -2.39. The highest BCUT2D eigenvalue weighted by Crippen LogP contribution is 2.27. The predicted octanol–water partition coefficient (Wildman–Crippen LogP) is 2.33. The van der Waals surface area contributed by atoms with Crippen molar-refractivity contribution in [2.45, 2.75) is 6.54 Å². The molecule has 1 aromatic carbocycles. The number of para-hydroxylation sites is 2. The summed E-state index contributed by atoms with van der Waals surface area (Å²) in [6.07, 6.45) is 3.48. The van der Waals surface area contributed by atoms with Gasteiger partial charge in [-0.05, 0) is 30.3 Å². The minimum Gasteiger partial charge on any atom is -0.341 e. The Morgan fingerprint density at radius 1 is 1.07 bits per heavy atom. The van der Waals surface area contributed by atoms with E-state index in [1.807, 2.05) is 37.4 Å². The van der Waals surface area contributed by atoms with E-state index in [1.54, 1.807) is 29.2 Å². The molecule has 7 heteroatoms. The molecule has 0 N–H and O–H groups in total. The molecule has 0 amide bonds. The van der Waals surface area contributed by atoms with Gasteiger partial charge in [0, 0.05) is 50.1 Å². The van der Waals surface area contributed by atoms with Gasteiger partial charge in [-0.3, -0.25) is 9.78 Å². The van der Waals surface area contributed by atoms with E-state index in [0.717, 1.165) is 41.3 Å². The summed E-state index contributed by atoms with van der Waals surface area (Å²) in [6.45, 7) is 2.33. The molecule has 4 aromatic rings. The van der Waals surface area contributed by atoms with Gasteiger partial charge < -0.3 is 9.47 Å². The molecule has 0 spiro atoms. The molecule has 4 heterocycles. The molecule has 0 saturated carbocycles. The number of hydrogen-bond donors (Lipinski definition) is 0.